The van der Waals surface area contributed by atoms with Gasteiger partial charge in [0.25, 0.3) is 0 Å². The smallest absolute Gasteiger partial charge is 0.191 e. The molecule has 0 bridgehead atoms. The first-order valence-electron chi connectivity index (χ1n) is 11.3. The molecule has 0 aliphatic carbocycles. The van der Waals surface area contributed by atoms with Crippen molar-refractivity contribution < 1.29 is 9.26 Å². The topological polar surface area (TPSA) is 71.7 Å². The van der Waals surface area contributed by atoms with E-state index in [1.807, 2.05) is 0 Å². The van der Waals surface area contributed by atoms with E-state index in [0.29, 0.717) is 12.5 Å². The number of nitrogens with zero attached hydrogens (tertiary/aromatic N) is 2. The van der Waals surface area contributed by atoms with Crippen molar-refractivity contribution in [3.05, 3.63) is 53.4 Å². The molecule has 3 rings (SSSR count). The number of nitrogens with one attached hydrogen (secondary N) is 2. The number of guanidine groups is 1. The van der Waals surface area contributed by atoms with Crippen LogP contribution in [0.25, 0.3) is 0 Å². The minimum atomic E-state index is 0. The highest BCUT2D eigenvalue weighted by atomic mass is 127. The van der Waals surface area contributed by atoms with Crippen molar-refractivity contribution >= 4 is 29.9 Å². The summed E-state index contributed by atoms with van der Waals surface area (Å²) in [5.41, 5.74) is 2.46. The predicted octanol–water partition coefficient (Wildman–Crippen LogP) is 5.00. The van der Waals surface area contributed by atoms with E-state index in [4.69, 9.17) is 14.3 Å². The van der Waals surface area contributed by atoms with Crippen molar-refractivity contribution in [3.8, 4) is 0 Å². The van der Waals surface area contributed by atoms with Gasteiger partial charge in [-0.1, -0.05) is 49.3 Å². The van der Waals surface area contributed by atoms with Crippen molar-refractivity contribution in [2.45, 2.75) is 64.3 Å². The lowest BCUT2D eigenvalue weighted by Gasteiger charge is -2.38. The van der Waals surface area contributed by atoms with Gasteiger partial charge in [-0.2, -0.15) is 0 Å². The molecule has 1 aromatic carbocycles. The highest BCUT2D eigenvalue weighted by Gasteiger charge is 2.34. The molecule has 172 valence electrons. The number of halogens is 1. The molecule has 2 N–H and O–H groups in total. The molecular formula is C24H37IN4O2. The fourth-order valence-corrected chi connectivity index (χ4v) is 4.18. The molecule has 0 saturated carbocycles. The van der Waals surface area contributed by atoms with Crippen LogP contribution in [0, 0.1) is 0 Å². The lowest BCUT2D eigenvalue weighted by atomic mass is 9.74. The quantitative estimate of drug-likeness (QED) is 0.266. The van der Waals surface area contributed by atoms with Crippen molar-refractivity contribution in [3.63, 3.8) is 0 Å². The first-order chi connectivity index (χ1) is 14.7. The molecule has 7 heteroatoms. The minimum Gasteiger partial charge on any atom is -0.381 e. The number of rotatable bonds is 9. The number of benzene rings is 1. The number of hydrogen-bond donors (Lipinski definition) is 2. The molecule has 6 nitrogen and oxygen atoms in total. The molecule has 1 aliphatic rings. The normalized spacial score (nSPS) is 16.1. The number of hydrogen-bond acceptors (Lipinski definition) is 4. The molecule has 1 fully saturated rings. The average Bonchev–Trinajstić information content (AvgIpc) is 3.26. The monoisotopic (exact) mass is 540 g/mol. The maximum Gasteiger partial charge on any atom is 0.191 e. The third-order valence-electron chi connectivity index (χ3n) is 6.15. The average molecular weight is 540 g/mol. The Morgan fingerprint density at radius 1 is 1.10 bits per heavy atom. The first-order valence-corrected chi connectivity index (χ1v) is 11.3. The van der Waals surface area contributed by atoms with Crippen LogP contribution >= 0.6 is 24.0 Å². The molecule has 2 aromatic rings. The Labute approximate surface area is 203 Å². The zero-order chi connectivity index (χ0) is 21.2. The van der Waals surface area contributed by atoms with E-state index in [1.54, 1.807) is 0 Å². The zero-order valence-corrected chi connectivity index (χ0v) is 21.4. The Kier molecular flexibility index (Phi) is 10.8. The maximum atomic E-state index is 5.65. The lowest BCUT2D eigenvalue weighted by molar-refractivity contribution is 0.0514. The maximum absolute atomic E-state index is 5.65. The van der Waals surface area contributed by atoms with Gasteiger partial charge in [-0.25, -0.2) is 4.99 Å². The Hall–Kier alpha value is -1.61. The molecule has 0 spiro atoms. The Balaban J connectivity index is 0.00000341. The summed E-state index contributed by atoms with van der Waals surface area (Å²) >= 11 is 0. The first kappa shape index (κ1) is 25.6. The lowest BCUT2D eigenvalue weighted by Crippen LogP contribution is -2.48. The number of aliphatic imine (C=N–C) groups is 1. The van der Waals surface area contributed by atoms with E-state index in [1.165, 1.54) is 5.56 Å². The second-order valence-corrected chi connectivity index (χ2v) is 8.04. The predicted molar refractivity (Wildman–Crippen MR) is 136 cm³/mol. The molecular weight excluding hydrogens is 503 g/mol. The van der Waals surface area contributed by atoms with Crippen molar-refractivity contribution in [2.24, 2.45) is 4.99 Å². The van der Waals surface area contributed by atoms with Crippen LogP contribution in [0.1, 0.15) is 69.4 Å². The standard InChI is InChI=1S/C24H36N4O2.HI/c1-4-19(5-2)22-16-21(30-28-22)17-26-23(25-6-3)27-18-24(12-14-29-15-13-24)20-10-8-7-9-11-20;/h7-11,16,19H,4-6,12-15,17-18H2,1-3H3,(H2,25,26,27);1H. The van der Waals surface area contributed by atoms with Crippen LogP contribution in [-0.4, -0.2) is 37.4 Å². The summed E-state index contributed by atoms with van der Waals surface area (Å²) in [6.45, 7) is 10.1. The molecule has 0 radical (unpaired) electrons. The van der Waals surface area contributed by atoms with Crippen molar-refractivity contribution in [1.29, 1.82) is 0 Å². The van der Waals surface area contributed by atoms with E-state index in [-0.39, 0.29) is 29.4 Å². The van der Waals surface area contributed by atoms with Gasteiger partial charge < -0.3 is 19.9 Å². The van der Waals surface area contributed by atoms with Gasteiger partial charge in [-0.3, -0.25) is 0 Å². The highest BCUT2D eigenvalue weighted by molar-refractivity contribution is 14.0. The summed E-state index contributed by atoms with van der Waals surface area (Å²) in [7, 11) is 0. The zero-order valence-electron chi connectivity index (χ0n) is 19.0. The van der Waals surface area contributed by atoms with Crippen molar-refractivity contribution in [1.82, 2.24) is 15.8 Å². The van der Waals surface area contributed by atoms with Crippen LogP contribution in [0.2, 0.25) is 0 Å². The van der Waals surface area contributed by atoms with E-state index < -0.39 is 0 Å². The Bertz CT molecular complexity index is 784. The second kappa shape index (κ2) is 13.1. The summed E-state index contributed by atoms with van der Waals surface area (Å²) in [6.07, 6.45) is 4.15. The summed E-state index contributed by atoms with van der Waals surface area (Å²) in [5, 5.41) is 11.2. The summed E-state index contributed by atoms with van der Waals surface area (Å²) in [4.78, 5) is 4.75. The van der Waals surface area contributed by atoms with Gasteiger partial charge in [0.2, 0.25) is 0 Å². The molecule has 1 saturated heterocycles. The van der Waals surface area contributed by atoms with Gasteiger partial charge in [0, 0.05) is 43.7 Å². The van der Waals surface area contributed by atoms with Gasteiger partial charge in [-0.05, 0) is 38.2 Å². The summed E-state index contributed by atoms with van der Waals surface area (Å²) in [6, 6.07) is 12.8. The molecule has 0 atom stereocenters. The molecule has 2 heterocycles. The van der Waals surface area contributed by atoms with Crippen LogP contribution in [0.5, 0.6) is 0 Å². The SMILES string of the molecule is CCNC(=NCc1cc(C(CC)CC)no1)NCC1(c2ccccc2)CCOCC1.I. The minimum absolute atomic E-state index is 0. The van der Waals surface area contributed by atoms with Crippen LogP contribution in [0.3, 0.4) is 0 Å². The van der Waals surface area contributed by atoms with Crippen LogP contribution < -0.4 is 10.6 Å². The fraction of sp³-hybridized carbons (Fsp3) is 0.583. The van der Waals surface area contributed by atoms with E-state index in [2.05, 4.69) is 73.0 Å². The molecule has 31 heavy (non-hydrogen) atoms. The van der Waals surface area contributed by atoms with Gasteiger partial charge in [-0.15, -0.1) is 24.0 Å². The van der Waals surface area contributed by atoms with Gasteiger partial charge in [0.15, 0.2) is 11.7 Å². The number of aromatic nitrogens is 1. The van der Waals surface area contributed by atoms with Gasteiger partial charge in [0.1, 0.15) is 6.54 Å². The van der Waals surface area contributed by atoms with Crippen molar-refractivity contribution in [2.75, 3.05) is 26.3 Å². The Morgan fingerprint density at radius 3 is 2.45 bits per heavy atom. The van der Waals surface area contributed by atoms with Crippen LogP contribution in [0.15, 0.2) is 45.9 Å². The Morgan fingerprint density at radius 2 is 1.81 bits per heavy atom. The third kappa shape index (κ3) is 6.94. The van der Waals surface area contributed by atoms with Crippen LogP contribution in [0.4, 0.5) is 0 Å². The fourth-order valence-electron chi connectivity index (χ4n) is 4.18. The number of ether oxygens (including phenoxy) is 1. The molecule has 1 aliphatic heterocycles. The summed E-state index contributed by atoms with van der Waals surface area (Å²) in [5.74, 6) is 2.06. The second-order valence-electron chi connectivity index (χ2n) is 8.04. The molecule has 0 unspecified atom stereocenters. The molecule has 1 aromatic heterocycles. The third-order valence-corrected chi connectivity index (χ3v) is 6.15. The van der Waals surface area contributed by atoms with E-state index >= 15 is 0 Å². The van der Waals surface area contributed by atoms with Gasteiger partial charge >= 0.3 is 0 Å². The highest BCUT2D eigenvalue weighted by Crippen LogP contribution is 2.34. The summed E-state index contributed by atoms with van der Waals surface area (Å²) < 4.78 is 11.2. The van der Waals surface area contributed by atoms with E-state index in [0.717, 1.165) is 69.4 Å². The molecule has 0 amide bonds. The van der Waals surface area contributed by atoms with E-state index in [9.17, 15) is 0 Å². The van der Waals surface area contributed by atoms with Crippen LogP contribution in [-0.2, 0) is 16.7 Å². The van der Waals surface area contributed by atoms with Gasteiger partial charge in [0.05, 0.1) is 5.69 Å². The largest absolute Gasteiger partial charge is 0.381 e.